The molecule has 1 saturated heterocycles. The van der Waals surface area contributed by atoms with Crippen molar-refractivity contribution < 1.29 is 22.7 Å². The third-order valence-corrected chi connectivity index (χ3v) is 5.49. The summed E-state index contributed by atoms with van der Waals surface area (Å²) >= 11 is 0. The normalized spacial score (nSPS) is 21.2. The van der Waals surface area contributed by atoms with E-state index in [0.717, 1.165) is 24.8 Å². The molecule has 30 heavy (non-hydrogen) atoms. The minimum atomic E-state index is -4.73. The van der Waals surface area contributed by atoms with Crippen molar-refractivity contribution in [1.82, 2.24) is 14.9 Å². The SMILES string of the molecule is C[C@@H]1C[C@@H](C)N1C(=O)c1cnc(NCc2cc(OC(F)(F)F)cc(C3CC3)c2)nc1. The molecule has 1 aromatic heterocycles. The van der Waals surface area contributed by atoms with E-state index in [1.54, 1.807) is 4.90 Å². The second kappa shape index (κ2) is 7.77. The molecular weight excluding hydrogens is 397 g/mol. The number of alkyl halides is 3. The molecule has 160 valence electrons. The van der Waals surface area contributed by atoms with Gasteiger partial charge < -0.3 is 15.0 Å². The summed E-state index contributed by atoms with van der Waals surface area (Å²) in [6, 6.07) is 5.09. The molecule has 2 fully saturated rings. The summed E-state index contributed by atoms with van der Waals surface area (Å²) < 4.78 is 42.0. The molecule has 4 rings (SSSR count). The van der Waals surface area contributed by atoms with Crippen molar-refractivity contribution in [2.75, 3.05) is 5.32 Å². The maximum absolute atomic E-state index is 12.6. The van der Waals surface area contributed by atoms with E-state index in [1.165, 1.54) is 24.5 Å². The number of benzene rings is 1. The largest absolute Gasteiger partial charge is 0.573 e. The molecule has 0 bridgehead atoms. The van der Waals surface area contributed by atoms with Crippen LogP contribution in [-0.4, -0.2) is 39.2 Å². The second-order valence-corrected chi connectivity index (χ2v) is 8.03. The molecule has 9 heteroatoms. The van der Waals surface area contributed by atoms with Crippen LogP contribution in [0, 0.1) is 0 Å². The van der Waals surface area contributed by atoms with Gasteiger partial charge in [-0.25, -0.2) is 9.97 Å². The fraction of sp³-hybridized carbons (Fsp3) is 0.476. The number of aromatic nitrogens is 2. The molecule has 2 aliphatic rings. The Labute approximate surface area is 172 Å². The van der Waals surface area contributed by atoms with E-state index in [1.807, 2.05) is 19.9 Å². The highest BCUT2D eigenvalue weighted by Gasteiger charge is 2.36. The number of rotatable bonds is 6. The maximum atomic E-state index is 12.6. The van der Waals surface area contributed by atoms with E-state index < -0.39 is 6.36 Å². The summed E-state index contributed by atoms with van der Waals surface area (Å²) in [5.41, 5.74) is 1.90. The number of hydrogen-bond donors (Lipinski definition) is 1. The minimum absolute atomic E-state index is 0.0983. The predicted molar refractivity (Wildman–Crippen MR) is 104 cm³/mol. The van der Waals surface area contributed by atoms with Gasteiger partial charge in [0, 0.05) is 31.0 Å². The number of nitrogens with one attached hydrogen (secondary N) is 1. The monoisotopic (exact) mass is 420 g/mol. The molecule has 6 nitrogen and oxygen atoms in total. The van der Waals surface area contributed by atoms with Gasteiger partial charge in [-0.15, -0.1) is 13.2 Å². The van der Waals surface area contributed by atoms with Crippen molar-refractivity contribution in [3.8, 4) is 5.75 Å². The maximum Gasteiger partial charge on any atom is 0.573 e. The van der Waals surface area contributed by atoms with E-state index in [9.17, 15) is 18.0 Å². The standard InChI is InChI=1S/C21H23F3N4O2/c1-12-5-13(2)28(12)19(29)17-10-26-20(27-11-17)25-9-14-6-16(15-3-4-15)8-18(7-14)30-21(22,23)24/h6-8,10-13,15H,3-5,9H2,1-2H3,(H,25,26,27)/t12-,13-/m1/s1. The third-order valence-electron chi connectivity index (χ3n) is 5.49. The number of anilines is 1. The molecule has 2 atom stereocenters. The van der Waals surface area contributed by atoms with Crippen LogP contribution in [0.2, 0.25) is 0 Å². The first kappa shape index (κ1) is 20.4. The second-order valence-electron chi connectivity index (χ2n) is 8.03. The lowest BCUT2D eigenvalue weighted by Gasteiger charge is -2.45. The van der Waals surface area contributed by atoms with Gasteiger partial charge in [0.15, 0.2) is 0 Å². The molecule has 0 radical (unpaired) electrons. The molecule has 1 amide bonds. The van der Waals surface area contributed by atoms with Crippen LogP contribution in [0.4, 0.5) is 19.1 Å². The van der Waals surface area contributed by atoms with Crippen molar-refractivity contribution in [1.29, 1.82) is 0 Å². The molecule has 1 aliphatic heterocycles. The van der Waals surface area contributed by atoms with Crippen molar-refractivity contribution in [3.63, 3.8) is 0 Å². The Morgan fingerprint density at radius 1 is 1.17 bits per heavy atom. The van der Waals surface area contributed by atoms with E-state index in [4.69, 9.17) is 0 Å². The molecule has 2 aromatic rings. The predicted octanol–water partition coefficient (Wildman–Crippen LogP) is 4.49. The molecule has 1 aromatic carbocycles. The Morgan fingerprint density at radius 3 is 2.40 bits per heavy atom. The molecule has 0 unspecified atom stereocenters. The molecule has 1 saturated carbocycles. The molecule has 2 heterocycles. The zero-order valence-electron chi connectivity index (χ0n) is 16.7. The highest BCUT2D eigenvalue weighted by Crippen LogP contribution is 2.42. The van der Waals surface area contributed by atoms with Crippen LogP contribution >= 0.6 is 0 Å². The number of carbonyl (C=O) groups is 1. The minimum Gasteiger partial charge on any atom is -0.406 e. The number of amides is 1. The number of hydrogen-bond acceptors (Lipinski definition) is 5. The highest BCUT2D eigenvalue weighted by molar-refractivity contribution is 5.94. The number of halogens is 3. The lowest BCUT2D eigenvalue weighted by molar-refractivity contribution is -0.274. The lowest BCUT2D eigenvalue weighted by atomic mass is 9.95. The van der Waals surface area contributed by atoms with Gasteiger partial charge in [-0.1, -0.05) is 6.07 Å². The van der Waals surface area contributed by atoms with Gasteiger partial charge >= 0.3 is 6.36 Å². The van der Waals surface area contributed by atoms with Crippen LogP contribution in [0.25, 0.3) is 0 Å². The Morgan fingerprint density at radius 2 is 1.83 bits per heavy atom. The molecule has 1 N–H and O–H groups in total. The van der Waals surface area contributed by atoms with Gasteiger partial charge in [-0.05, 0) is 62.3 Å². The smallest absolute Gasteiger partial charge is 0.406 e. The van der Waals surface area contributed by atoms with Gasteiger partial charge in [-0.2, -0.15) is 0 Å². The van der Waals surface area contributed by atoms with Crippen molar-refractivity contribution in [3.05, 3.63) is 47.3 Å². The van der Waals surface area contributed by atoms with Crippen molar-refractivity contribution in [2.45, 2.75) is 64.0 Å². The van der Waals surface area contributed by atoms with Crippen LogP contribution in [0.1, 0.15) is 60.5 Å². The summed E-state index contributed by atoms with van der Waals surface area (Å²) in [4.78, 5) is 22.7. The summed E-state index contributed by atoms with van der Waals surface area (Å²) in [6.07, 6.45) is 1.11. The fourth-order valence-electron chi connectivity index (χ4n) is 3.91. The molecule has 0 spiro atoms. The number of ether oxygens (including phenoxy) is 1. The first-order valence-electron chi connectivity index (χ1n) is 9.98. The zero-order valence-corrected chi connectivity index (χ0v) is 16.7. The van der Waals surface area contributed by atoms with Crippen LogP contribution in [-0.2, 0) is 6.54 Å². The Balaban J connectivity index is 1.42. The number of carbonyl (C=O) groups excluding carboxylic acids is 1. The van der Waals surface area contributed by atoms with Gasteiger partial charge in [-0.3, -0.25) is 4.79 Å². The average molecular weight is 420 g/mol. The number of nitrogens with zero attached hydrogens (tertiary/aromatic N) is 3. The van der Waals surface area contributed by atoms with Crippen LogP contribution in [0.15, 0.2) is 30.6 Å². The summed E-state index contributed by atoms with van der Waals surface area (Å²) in [5, 5.41) is 2.99. The summed E-state index contributed by atoms with van der Waals surface area (Å²) in [7, 11) is 0. The van der Waals surface area contributed by atoms with E-state index in [2.05, 4.69) is 20.0 Å². The topological polar surface area (TPSA) is 67.4 Å². The summed E-state index contributed by atoms with van der Waals surface area (Å²) in [5.74, 6) is 0.266. The van der Waals surface area contributed by atoms with Gasteiger partial charge in [0.1, 0.15) is 5.75 Å². The van der Waals surface area contributed by atoms with Crippen LogP contribution < -0.4 is 10.1 Å². The molecular formula is C21H23F3N4O2. The Kier molecular flexibility index (Phi) is 5.29. The third kappa shape index (κ3) is 4.66. The zero-order chi connectivity index (χ0) is 21.5. The van der Waals surface area contributed by atoms with Gasteiger partial charge in [0.25, 0.3) is 5.91 Å². The van der Waals surface area contributed by atoms with Crippen molar-refractivity contribution >= 4 is 11.9 Å². The van der Waals surface area contributed by atoms with E-state index in [-0.39, 0.29) is 36.2 Å². The first-order chi connectivity index (χ1) is 14.2. The van der Waals surface area contributed by atoms with E-state index in [0.29, 0.717) is 17.1 Å². The number of likely N-dealkylation sites (tertiary alicyclic amines) is 1. The first-order valence-corrected chi connectivity index (χ1v) is 9.98. The van der Waals surface area contributed by atoms with Gasteiger partial charge in [0.05, 0.1) is 5.56 Å². The van der Waals surface area contributed by atoms with Crippen LogP contribution in [0.3, 0.4) is 0 Å². The van der Waals surface area contributed by atoms with Crippen LogP contribution in [0.5, 0.6) is 5.75 Å². The lowest BCUT2D eigenvalue weighted by Crippen LogP contribution is -2.55. The average Bonchev–Trinajstić information content (AvgIpc) is 3.50. The van der Waals surface area contributed by atoms with Crippen molar-refractivity contribution in [2.24, 2.45) is 0 Å². The fourth-order valence-corrected chi connectivity index (χ4v) is 3.91. The molecule has 1 aliphatic carbocycles. The van der Waals surface area contributed by atoms with E-state index >= 15 is 0 Å². The summed E-state index contributed by atoms with van der Waals surface area (Å²) in [6.45, 7) is 4.24. The van der Waals surface area contributed by atoms with Gasteiger partial charge in [0.2, 0.25) is 5.95 Å². The Bertz CT molecular complexity index is 921. The quantitative estimate of drug-likeness (QED) is 0.746. The Hall–Kier alpha value is -2.84. The highest BCUT2D eigenvalue weighted by atomic mass is 19.4.